The maximum absolute atomic E-state index is 6.40. The largest absolute Gasteiger partial charge is 0.435 e. The fraction of sp³-hybridized carbons (Fsp3) is 0.0600. The molecule has 10 rings (SSSR count). The average molecular weight is 681 g/mol. The second kappa shape index (κ2) is 12.2. The third kappa shape index (κ3) is 5.08. The van der Waals surface area contributed by atoms with Crippen molar-refractivity contribution in [3.8, 4) is 44.8 Å². The first kappa shape index (κ1) is 31.1. The summed E-state index contributed by atoms with van der Waals surface area (Å²) in [6.45, 7) is 4.67. The van der Waals surface area contributed by atoms with Crippen LogP contribution in [0.15, 0.2) is 186 Å². The van der Waals surface area contributed by atoms with Gasteiger partial charge in [-0.2, -0.15) is 0 Å². The monoisotopic (exact) mass is 680 g/mol. The van der Waals surface area contributed by atoms with Gasteiger partial charge in [0.1, 0.15) is 5.52 Å². The van der Waals surface area contributed by atoms with Gasteiger partial charge in [0, 0.05) is 33.3 Å². The van der Waals surface area contributed by atoms with E-state index >= 15 is 0 Å². The maximum Gasteiger partial charge on any atom is 0.227 e. The van der Waals surface area contributed by atoms with E-state index in [1.54, 1.807) is 0 Å². The Balaban J connectivity index is 1.13. The summed E-state index contributed by atoms with van der Waals surface area (Å²) in [5.74, 6) is 0.631. The van der Waals surface area contributed by atoms with Crippen LogP contribution in [0.25, 0.3) is 66.7 Å². The van der Waals surface area contributed by atoms with Gasteiger partial charge in [0.05, 0.1) is 5.69 Å². The van der Waals surface area contributed by atoms with Gasteiger partial charge in [-0.25, -0.2) is 4.98 Å². The molecule has 1 heterocycles. The molecule has 0 spiro atoms. The fourth-order valence-corrected chi connectivity index (χ4v) is 8.29. The first-order valence-electron chi connectivity index (χ1n) is 18.2. The van der Waals surface area contributed by atoms with Gasteiger partial charge >= 0.3 is 0 Å². The lowest BCUT2D eigenvalue weighted by molar-refractivity contribution is 0.623. The van der Waals surface area contributed by atoms with E-state index in [4.69, 9.17) is 9.40 Å². The van der Waals surface area contributed by atoms with Crippen molar-refractivity contribution in [2.24, 2.45) is 0 Å². The normalized spacial score (nSPS) is 12.9. The van der Waals surface area contributed by atoms with Gasteiger partial charge in [-0.15, -0.1) is 0 Å². The molecule has 8 aromatic carbocycles. The van der Waals surface area contributed by atoms with Gasteiger partial charge in [0.25, 0.3) is 0 Å². The van der Waals surface area contributed by atoms with Crippen molar-refractivity contribution >= 4 is 38.9 Å². The highest BCUT2D eigenvalue weighted by molar-refractivity contribution is 6.11. The Kier molecular flexibility index (Phi) is 7.16. The molecule has 1 aliphatic rings. The summed E-state index contributed by atoms with van der Waals surface area (Å²) in [5, 5.41) is 2.19. The highest BCUT2D eigenvalue weighted by Gasteiger charge is 2.35. The summed E-state index contributed by atoms with van der Waals surface area (Å²) in [6, 6.07) is 65.0. The van der Waals surface area contributed by atoms with Crippen molar-refractivity contribution in [3.63, 3.8) is 0 Å². The number of rotatable bonds is 6. The second-order valence-electron chi connectivity index (χ2n) is 14.4. The summed E-state index contributed by atoms with van der Waals surface area (Å²) in [6.07, 6.45) is 0. The Morgan fingerprint density at radius 2 is 1.04 bits per heavy atom. The number of hydrogen-bond acceptors (Lipinski definition) is 3. The third-order valence-corrected chi connectivity index (χ3v) is 10.9. The van der Waals surface area contributed by atoms with Crippen molar-refractivity contribution in [3.05, 3.63) is 193 Å². The predicted octanol–water partition coefficient (Wildman–Crippen LogP) is 13.8. The first-order valence-corrected chi connectivity index (χ1v) is 18.2. The van der Waals surface area contributed by atoms with Gasteiger partial charge in [-0.3, -0.25) is 0 Å². The molecule has 3 heteroatoms. The highest BCUT2D eigenvalue weighted by Crippen LogP contribution is 2.51. The van der Waals surface area contributed by atoms with E-state index in [0.29, 0.717) is 5.89 Å². The summed E-state index contributed by atoms with van der Waals surface area (Å²) < 4.78 is 6.40. The van der Waals surface area contributed by atoms with Gasteiger partial charge in [0.2, 0.25) is 5.89 Å². The van der Waals surface area contributed by atoms with E-state index in [0.717, 1.165) is 55.6 Å². The number of benzene rings is 8. The van der Waals surface area contributed by atoms with E-state index in [1.807, 2.05) is 30.3 Å². The Labute approximate surface area is 309 Å². The molecular formula is C50H36N2O. The number of para-hydroxylation sites is 1. The lowest BCUT2D eigenvalue weighted by atomic mass is 9.82. The molecule has 0 saturated carbocycles. The van der Waals surface area contributed by atoms with Crippen LogP contribution in [0, 0.1) is 0 Å². The Morgan fingerprint density at radius 3 is 1.81 bits per heavy atom. The minimum Gasteiger partial charge on any atom is -0.435 e. The van der Waals surface area contributed by atoms with Crippen molar-refractivity contribution in [2.45, 2.75) is 19.3 Å². The zero-order chi connectivity index (χ0) is 35.5. The molecule has 0 saturated heterocycles. The van der Waals surface area contributed by atoms with Crippen LogP contribution in [-0.4, -0.2) is 4.98 Å². The smallest absolute Gasteiger partial charge is 0.227 e. The van der Waals surface area contributed by atoms with Gasteiger partial charge < -0.3 is 9.32 Å². The molecule has 0 radical (unpaired) electrons. The minimum atomic E-state index is -0.0611. The molecule has 1 aliphatic carbocycles. The van der Waals surface area contributed by atoms with Crippen LogP contribution >= 0.6 is 0 Å². The fourth-order valence-electron chi connectivity index (χ4n) is 8.29. The molecule has 0 atom stereocenters. The van der Waals surface area contributed by atoms with E-state index in [1.165, 1.54) is 33.4 Å². The van der Waals surface area contributed by atoms with E-state index < -0.39 is 0 Å². The molecule has 0 amide bonds. The molecule has 0 fully saturated rings. The molecule has 0 bridgehead atoms. The van der Waals surface area contributed by atoms with E-state index in [2.05, 4.69) is 170 Å². The zero-order valence-electron chi connectivity index (χ0n) is 29.6. The third-order valence-electron chi connectivity index (χ3n) is 10.9. The van der Waals surface area contributed by atoms with Crippen molar-refractivity contribution in [1.82, 2.24) is 4.98 Å². The number of nitrogens with zero attached hydrogens (tertiary/aromatic N) is 2. The summed E-state index contributed by atoms with van der Waals surface area (Å²) >= 11 is 0. The number of anilines is 3. The van der Waals surface area contributed by atoms with Gasteiger partial charge in [-0.05, 0) is 92.9 Å². The minimum absolute atomic E-state index is 0.0611. The average Bonchev–Trinajstić information content (AvgIpc) is 3.75. The molecule has 53 heavy (non-hydrogen) atoms. The van der Waals surface area contributed by atoms with Gasteiger partial charge in [-0.1, -0.05) is 147 Å². The SMILES string of the molecule is CC1(C)c2ccccc2-c2cc(N(c3ccc(-c4cc5nc(-c6ccccc6)oc5c5ccccc45)cc3)c3ccccc3-c3ccccc3)ccc21. The lowest BCUT2D eigenvalue weighted by Crippen LogP contribution is -2.15. The first-order chi connectivity index (χ1) is 26.0. The summed E-state index contributed by atoms with van der Waals surface area (Å²) in [7, 11) is 0. The molecule has 0 aliphatic heterocycles. The molecule has 1 aromatic heterocycles. The van der Waals surface area contributed by atoms with Gasteiger partial charge in [0.15, 0.2) is 5.58 Å². The summed E-state index contributed by atoms with van der Waals surface area (Å²) in [5.41, 5.74) is 15.8. The summed E-state index contributed by atoms with van der Waals surface area (Å²) in [4.78, 5) is 7.37. The highest BCUT2D eigenvalue weighted by atomic mass is 16.3. The van der Waals surface area contributed by atoms with E-state index in [-0.39, 0.29) is 5.41 Å². The lowest BCUT2D eigenvalue weighted by Gasteiger charge is -2.29. The van der Waals surface area contributed by atoms with Crippen LogP contribution in [0.3, 0.4) is 0 Å². The topological polar surface area (TPSA) is 29.3 Å². The second-order valence-corrected chi connectivity index (χ2v) is 14.4. The maximum atomic E-state index is 6.40. The van der Waals surface area contributed by atoms with Crippen LogP contribution in [0.4, 0.5) is 17.1 Å². The van der Waals surface area contributed by atoms with Crippen LogP contribution in [-0.2, 0) is 5.41 Å². The van der Waals surface area contributed by atoms with Crippen LogP contribution in [0.1, 0.15) is 25.0 Å². The molecule has 252 valence electrons. The predicted molar refractivity (Wildman–Crippen MR) is 220 cm³/mol. The number of fused-ring (bicyclic) bond motifs is 6. The van der Waals surface area contributed by atoms with Crippen LogP contribution < -0.4 is 4.90 Å². The number of oxazole rings is 1. The van der Waals surface area contributed by atoms with Crippen molar-refractivity contribution in [1.29, 1.82) is 0 Å². The molecule has 3 nitrogen and oxygen atoms in total. The Hall–Kier alpha value is -6.71. The van der Waals surface area contributed by atoms with E-state index in [9.17, 15) is 0 Å². The molecular weight excluding hydrogens is 645 g/mol. The molecule has 9 aromatic rings. The van der Waals surface area contributed by atoms with Crippen molar-refractivity contribution < 1.29 is 4.42 Å². The Morgan fingerprint density at radius 1 is 0.453 bits per heavy atom. The molecule has 0 unspecified atom stereocenters. The standard InChI is InChI=1S/C50H36N2O/c1-50(2)44-23-13-11-21-40(44)43-31-37(29-30-45(43)50)52(47-24-14-12-19-38(47)33-15-5-3-6-16-33)36-27-25-34(26-28-36)42-32-46-48(41-22-10-9-20-39(41)42)53-49(51-46)35-17-7-4-8-18-35/h3-32H,1-2H3. The number of hydrogen-bond donors (Lipinski definition) is 0. The van der Waals surface area contributed by atoms with Crippen LogP contribution in [0.2, 0.25) is 0 Å². The quantitative estimate of drug-likeness (QED) is 0.175. The Bertz CT molecular complexity index is 2800. The molecule has 0 N–H and O–H groups in total. The number of aromatic nitrogens is 1. The van der Waals surface area contributed by atoms with Crippen molar-refractivity contribution in [2.75, 3.05) is 4.90 Å². The van der Waals surface area contributed by atoms with Crippen LogP contribution in [0.5, 0.6) is 0 Å². The zero-order valence-corrected chi connectivity index (χ0v) is 29.6.